The molecule has 1 unspecified atom stereocenters. The molecule has 3 aromatic carbocycles. The second kappa shape index (κ2) is 9.32. The number of benzene rings is 3. The molecule has 168 valence electrons. The van der Waals surface area contributed by atoms with Gasteiger partial charge in [-0.3, -0.25) is 19.3 Å². The van der Waals surface area contributed by atoms with Gasteiger partial charge >= 0.3 is 0 Å². The van der Waals surface area contributed by atoms with Crippen LogP contribution in [0.3, 0.4) is 0 Å². The van der Waals surface area contributed by atoms with E-state index in [1.807, 2.05) is 60.0 Å². The Morgan fingerprint density at radius 1 is 0.912 bits per heavy atom. The number of hydrogen-bond donors (Lipinski definition) is 1. The number of carbonyl (C=O) groups is 3. The molecule has 0 aliphatic carbocycles. The summed E-state index contributed by atoms with van der Waals surface area (Å²) in [4.78, 5) is 45.3. The van der Waals surface area contributed by atoms with E-state index in [2.05, 4.69) is 26.2 Å². The molecule has 0 saturated carbocycles. The van der Waals surface area contributed by atoms with Crippen LogP contribution in [-0.4, -0.2) is 33.6 Å². The van der Waals surface area contributed by atoms with Crippen molar-refractivity contribution in [3.8, 4) is 11.3 Å². The maximum Gasteiger partial charge on any atom is 0.262 e. The lowest BCUT2D eigenvalue weighted by Crippen LogP contribution is -2.48. The molecular formula is C26H18BrN3O3S. The second-order valence-electron chi connectivity index (χ2n) is 7.77. The van der Waals surface area contributed by atoms with Crippen LogP contribution < -0.4 is 5.32 Å². The first-order valence-corrected chi connectivity index (χ1v) is 12.2. The van der Waals surface area contributed by atoms with Crippen molar-refractivity contribution in [1.82, 2.24) is 9.88 Å². The van der Waals surface area contributed by atoms with E-state index in [4.69, 9.17) is 0 Å². The van der Waals surface area contributed by atoms with Gasteiger partial charge in [-0.2, -0.15) is 0 Å². The van der Waals surface area contributed by atoms with Crippen LogP contribution in [0.2, 0.25) is 0 Å². The lowest BCUT2D eigenvalue weighted by molar-refractivity contribution is -0.119. The molecule has 1 aliphatic rings. The predicted molar refractivity (Wildman–Crippen MR) is 135 cm³/mol. The van der Waals surface area contributed by atoms with Crippen molar-refractivity contribution in [2.24, 2.45) is 0 Å². The first-order valence-electron chi connectivity index (χ1n) is 10.5. The SMILES string of the molecule is O=C(Nc1nc(-c2ccc(Br)cc2)cs1)C(Cc1ccccc1)N1C(=O)c2ccccc2C1=O. The molecule has 8 heteroatoms. The molecule has 0 radical (unpaired) electrons. The van der Waals surface area contributed by atoms with Crippen molar-refractivity contribution in [3.05, 3.63) is 105 Å². The molecule has 0 bridgehead atoms. The number of halogens is 1. The summed E-state index contributed by atoms with van der Waals surface area (Å²) in [7, 11) is 0. The molecule has 6 nitrogen and oxygen atoms in total. The van der Waals surface area contributed by atoms with Gasteiger partial charge in [0.1, 0.15) is 6.04 Å². The Morgan fingerprint density at radius 3 is 2.18 bits per heavy atom. The van der Waals surface area contributed by atoms with E-state index in [9.17, 15) is 14.4 Å². The maximum atomic E-state index is 13.4. The van der Waals surface area contributed by atoms with Crippen molar-refractivity contribution in [2.75, 3.05) is 5.32 Å². The average Bonchev–Trinajstić information content (AvgIpc) is 3.42. The Hall–Kier alpha value is -3.62. The van der Waals surface area contributed by atoms with Crippen LogP contribution in [0.4, 0.5) is 5.13 Å². The average molecular weight is 532 g/mol. The number of aromatic nitrogens is 1. The summed E-state index contributed by atoms with van der Waals surface area (Å²) < 4.78 is 0.963. The lowest BCUT2D eigenvalue weighted by Gasteiger charge is -2.25. The minimum absolute atomic E-state index is 0.198. The first-order chi connectivity index (χ1) is 16.5. The third kappa shape index (κ3) is 4.30. The fourth-order valence-electron chi connectivity index (χ4n) is 3.90. The first kappa shape index (κ1) is 22.2. The lowest BCUT2D eigenvalue weighted by atomic mass is 10.0. The van der Waals surface area contributed by atoms with Gasteiger partial charge < -0.3 is 5.32 Å². The van der Waals surface area contributed by atoms with E-state index < -0.39 is 23.8 Å². The summed E-state index contributed by atoms with van der Waals surface area (Å²) in [6.45, 7) is 0. The highest BCUT2D eigenvalue weighted by molar-refractivity contribution is 9.10. The number of anilines is 1. The number of amides is 3. The van der Waals surface area contributed by atoms with Gasteiger partial charge in [-0.25, -0.2) is 4.98 Å². The van der Waals surface area contributed by atoms with Crippen LogP contribution in [0.1, 0.15) is 26.3 Å². The van der Waals surface area contributed by atoms with E-state index in [0.717, 1.165) is 26.2 Å². The van der Waals surface area contributed by atoms with Crippen molar-refractivity contribution in [2.45, 2.75) is 12.5 Å². The second-order valence-corrected chi connectivity index (χ2v) is 9.54. The quantitative estimate of drug-likeness (QED) is 0.337. The summed E-state index contributed by atoms with van der Waals surface area (Å²) in [5.74, 6) is -1.40. The molecule has 0 spiro atoms. The highest BCUT2D eigenvalue weighted by Crippen LogP contribution is 2.29. The summed E-state index contributed by atoms with van der Waals surface area (Å²) in [5, 5.41) is 5.08. The van der Waals surface area contributed by atoms with Crippen LogP contribution in [-0.2, 0) is 11.2 Å². The van der Waals surface area contributed by atoms with Gasteiger partial charge in [0.25, 0.3) is 11.8 Å². The number of rotatable bonds is 6. The van der Waals surface area contributed by atoms with E-state index in [-0.39, 0.29) is 6.42 Å². The van der Waals surface area contributed by atoms with Crippen molar-refractivity contribution in [3.63, 3.8) is 0 Å². The molecule has 34 heavy (non-hydrogen) atoms. The van der Waals surface area contributed by atoms with Crippen LogP contribution in [0.5, 0.6) is 0 Å². The molecule has 1 N–H and O–H groups in total. The van der Waals surface area contributed by atoms with Gasteiger partial charge in [-0.05, 0) is 29.8 Å². The summed E-state index contributed by atoms with van der Waals surface area (Å²) in [5.41, 5.74) is 3.11. The van der Waals surface area contributed by atoms with Gasteiger partial charge in [0.15, 0.2) is 5.13 Å². The molecule has 2 heterocycles. The largest absolute Gasteiger partial charge is 0.300 e. The Morgan fingerprint density at radius 2 is 1.53 bits per heavy atom. The van der Waals surface area contributed by atoms with Crippen LogP contribution in [0.15, 0.2) is 88.7 Å². The van der Waals surface area contributed by atoms with E-state index >= 15 is 0 Å². The Balaban J connectivity index is 1.43. The third-order valence-corrected chi connectivity index (χ3v) is 6.87. The maximum absolute atomic E-state index is 13.4. The van der Waals surface area contributed by atoms with E-state index in [0.29, 0.717) is 16.3 Å². The fourth-order valence-corrected chi connectivity index (χ4v) is 4.89. The summed E-state index contributed by atoms with van der Waals surface area (Å²) >= 11 is 4.71. The topological polar surface area (TPSA) is 79.4 Å². The number of nitrogens with one attached hydrogen (secondary N) is 1. The highest BCUT2D eigenvalue weighted by atomic mass is 79.9. The molecule has 0 fully saturated rings. The fraction of sp³-hybridized carbons (Fsp3) is 0.0769. The number of nitrogens with zero attached hydrogens (tertiary/aromatic N) is 2. The molecule has 1 aliphatic heterocycles. The van der Waals surface area contributed by atoms with E-state index in [1.165, 1.54) is 11.3 Å². The molecule has 3 amide bonds. The van der Waals surface area contributed by atoms with Crippen molar-refractivity contribution in [1.29, 1.82) is 0 Å². The normalized spacial score (nSPS) is 13.6. The summed E-state index contributed by atoms with van der Waals surface area (Å²) in [6.07, 6.45) is 0.198. The van der Waals surface area contributed by atoms with Gasteiger partial charge in [0, 0.05) is 21.8 Å². The Labute approximate surface area is 208 Å². The smallest absolute Gasteiger partial charge is 0.262 e. The monoisotopic (exact) mass is 531 g/mol. The highest BCUT2D eigenvalue weighted by Gasteiger charge is 2.42. The summed E-state index contributed by atoms with van der Waals surface area (Å²) in [6, 6.07) is 22.7. The van der Waals surface area contributed by atoms with Crippen molar-refractivity contribution >= 4 is 50.1 Å². The molecule has 1 aromatic heterocycles. The number of hydrogen-bond acceptors (Lipinski definition) is 5. The van der Waals surface area contributed by atoms with Crippen LogP contribution in [0, 0.1) is 0 Å². The molecule has 5 rings (SSSR count). The van der Waals surface area contributed by atoms with Gasteiger partial charge in [0.05, 0.1) is 16.8 Å². The zero-order valence-corrected chi connectivity index (χ0v) is 20.2. The zero-order chi connectivity index (χ0) is 23.7. The number of thiazole rings is 1. The Bertz CT molecular complexity index is 1350. The zero-order valence-electron chi connectivity index (χ0n) is 17.8. The Kier molecular flexibility index (Phi) is 6.08. The minimum atomic E-state index is -1.02. The van der Waals surface area contributed by atoms with Crippen LogP contribution in [0.25, 0.3) is 11.3 Å². The van der Waals surface area contributed by atoms with Gasteiger partial charge in [-0.1, -0.05) is 70.5 Å². The minimum Gasteiger partial charge on any atom is -0.300 e. The molecule has 0 saturated heterocycles. The standard InChI is InChI=1S/C26H18BrN3O3S/c27-18-12-10-17(11-13-18)21-15-34-26(28-21)29-23(31)22(14-16-6-2-1-3-7-16)30-24(32)19-8-4-5-9-20(19)25(30)33/h1-13,15,22H,14H2,(H,28,29,31). The molecule has 1 atom stereocenters. The van der Waals surface area contributed by atoms with E-state index in [1.54, 1.807) is 24.3 Å². The number of fused-ring (bicyclic) bond motifs is 1. The van der Waals surface area contributed by atoms with Gasteiger partial charge in [0.2, 0.25) is 5.91 Å². The number of imide groups is 1. The van der Waals surface area contributed by atoms with Crippen molar-refractivity contribution < 1.29 is 14.4 Å². The third-order valence-electron chi connectivity index (χ3n) is 5.59. The predicted octanol–water partition coefficient (Wildman–Crippen LogP) is 5.42. The van der Waals surface area contributed by atoms with Crippen LogP contribution >= 0.6 is 27.3 Å². The number of carbonyl (C=O) groups excluding carboxylic acids is 3. The molecular weight excluding hydrogens is 514 g/mol. The van der Waals surface area contributed by atoms with Gasteiger partial charge in [-0.15, -0.1) is 11.3 Å². The molecule has 4 aromatic rings.